The van der Waals surface area contributed by atoms with Crippen LogP contribution < -0.4 is 9.80 Å². The lowest BCUT2D eigenvalue weighted by molar-refractivity contribution is -0.128. The van der Waals surface area contributed by atoms with Crippen LogP contribution >= 0.6 is 0 Å². The summed E-state index contributed by atoms with van der Waals surface area (Å²) in [6.07, 6.45) is 4.17. The number of aromatic nitrogens is 1. The largest absolute Gasteiger partial charge is 0.367 e. The topological polar surface area (TPSA) is 44.0 Å². The molecular formula is C28H29N5O. The first kappa shape index (κ1) is 22.0. The van der Waals surface area contributed by atoms with Gasteiger partial charge in [0.05, 0.1) is 12.2 Å². The molecule has 6 heteroatoms. The Morgan fingerprint density at radius 3 is 2.76 bits per heavy atom. The molecule has 1 fully saturated rings. The van der Waals surface area contributed by atoms with Gasteiger partial charge in [-0.25, -0.2) is 6.57 Å². The van der Waals surface area contributed by atoms with Crippen molar-refractivity contribution in [3.8, 4) is 0 Å². The number of hydrogen-bond acceptors (Lipinski definition) is 4. The predicted octanol–water partition coefficient (Wildman–Crippen LogP) is 4.23. The van der Waals surface area contributed by atoms with Gasteiger partial charge in [-0.15, -0.1) is 0 Å². The SMILES string of the molecule is [C-]#[N+]C[C@H]1CN(c2ccnc3c2CCN(c2cccc4cccc(C)c24)C3)CCN1C(=O)C=C. The molecule has 3 heterocycles. The fourth-order valence-corrected chi connectivity index (χ4v) is 5.45. The molecule has 0 unspecified atom stereocenters. The Kier molecular flexibility index (Phi) is 5.93. The molecule has 34 heavy (non-hydrogen) atoms. The van der Waals surface area contributed by atoms with Crippen LogP contribution in [0.4, 0.5) is 11.4 Å². The summed E-state index contributed by atoms with van der Waals surface area (Å²) in [4.78, 5) is 27.2. The Labute approximate surface area is 200 Å². The molecule has 172 valence electrons. The maximum Gasteiger partial charge on any atom is 0.246 e. The number of pyridine rings is 1. The fraction of sp³-hybridized carbons (Fsp3) is 0.321. The minimum Gasteiger partial charge on any atom is -0.367 e. The monoisotopic (exact) mass is 451 g/mol. The van der Waals surface area contributed by atoms with E-state index in [1.54, 1.807) is 4.90 Å². The molecule has 1 amide bonds. The van der Waals surface area contributed by atoms with Crippen molar-refractivity contribution >= 4 is 28.1 Å². The Balaban J connectivity index is 1.42. The van der Waals surface area contributed by atoms with Gasteiger partial charge in [-0.1, -0.05) is 36.9 Å². The molecule has 2 aliphatic rings. The summed E-state index contributed by atoms with van der Waals surface area (Å²) >= 11 is 0. The van der Waals surface area contributed by atoms with Crippen LogP contribution in [0.1, 0.15) is 16.8 Å². The van der Waals surface area contributed by atoms with E-state index < -0.39 is 0 Å². The van der Waals surface area contributed by atoms with E-state index in [1.807, 2.05) is 6.20 Å². The van der Waals surface area contributed by atoms with Gasteiger partial charge >= 0.3 is 0 Å². The smallest absolute Gasteiger partial charge is 0.246 e. The van der Waals surface area contributed by atoms with E-state index in [0.717, 1.165) is 31.7 Å². The highest BCUT2D eigenvalue weighted by Crippen LogP contribution is 2.35. The molecule has 0 N–H and O–H groups in total. The van der Waals surface area contributed by atoms with Crippen LogP contribution in [-0.4, -0.2) is 54.6 Å². The lowest BCUT2D eigenvalue weighted by Gasteiger charge is -2.41. The summed E-state index contributed by atoms with van der Waals surface area (Å²) in [5.74, 6) is -0.0916. The summed E-state index contributed by atoms with van der Waals surface area (Å²) in [6.45, 7) is 17.2. The average molecular weight is 452 g/mol. The molecule has 0 bridgehead atoms. The Morgan fingerprint density at radius 2 is 1.97 bits per heavy atom. The quantitative estimate of drug-likeness (QED) is 0.440. The van der Waals surface area contributed by atoms with E-state index in [4.69, 9.17) is 11.6 Å². The van der Waals surface area contributed by atoms with Crippen LogP contribution in [0.3, 0.4) is 0 Å². The van der Waals surface area contributed by atoms with Gasteiger partial charge in [0, 0.05) is 54.7 Å². The van der Waals surface area contributed by atoms with Crippen LogP contribution in [0.15, 0.2) is 61.3 Å². The maximum atomic E-state index is 12.3. The van der Waals surface area contributed by atoms with Gasteiger partial charge in [-0.3, -0.25) is 9.78 Å². The van der Waals surface area contributed by atoms with E-state index in [1.165, 1.54) is 39.4 Å². The molecule has 0 saturated carbocycles. The number of aryl methyl sites for hydroxylation is 1. The Bertz CT molecular complexity index is 1290. The van der Waals surface area contributed by atoms with Crippen LogP contribution in [0.25, 0.3) is 15.6 Å². The van der Waals surface area contributed by atoms with Gasteiger partial charge in [0.2, 0.25) is 12.5 Å². The highest BCUT2D eigenvalue weighted by atomic mass is 16.2. The number of carbonyl (C=O) groups excluding carboxylic acids is 1. The van der Waals surface area contributed by atoms with Gasteiger partial charge < -0.3 is 19.5 Å². The summed E-state index contributed by atoms with van der Waals surface area (Å²) in [6, 6.07) is 15.0. The number of rotatable bonds is 4. The normalized spacial score (nSPS) is 17.9. The zero-order valence-corrected chi connectivity index (χ0v) is 19.6. The van der Waals surface area contributed by atoms with E-state index >= 15 is 0 Å². The molecule has 0 aliphatic carbocycles. The van der Waals surface area contributed by atoms with Gasteiger partial charge in [-0.2, -0.15) is 0 Å². The minimum atomic E-state index is -0.126. The Hall–Kier alpha value is -3.85. The second-order valence-corrected chi connectivity index (χ2v) is 9.05. The van der Waals surface area contributed by atoms with Gasteiger partial charge in [-0.05, 0) is 42.5 Å². The maximum absolute atomic E-state index is 12.3. The number of benzene rings is 2. The van der Waals surface area contributed by atoms with Gasteiger partial charge in [0.15, 0.2) is 0 Å². The van der Waals surface area contributed by atoms with E-state index in [9.17, 15) is 4.79 Å². The van der Waals surface area contributed by atoms with E-state index in [2.05, 4.69) is 70.6 Å². The number of amides is 1. The summed E-state index contributed by atoms with van der Waals surface area (Å²) in [5, 5.41) is 2.58. The zero-order chi connectivity index (χ0) is 23.7. The highest BCUT2D eigenvalue weighted by molar-refractivity contribution is 5.97. The molecule has 3 aromatic rings. The standard InChI is InChI=1S/C28H29N5O/c1-4-27(34)33-16-15-32(18-22(33)17-29-3)25-11-13-30-24-19-31(14-12-23(24)25)26-10-6-9-21-8-5-7-20(2)28(21)26/h4-11,13,22H,1,12,14-19H2,2H3/t22-/m0/s1. The van der Waals surface area contributed by atoms with Crippen molar-refractivity contribution in [2.75, 3.05) is 42.5 Å². The summed E-state index contributed by atoms with van der Waals surface area (Å²) < 4.78 is 0. The van der Waals surface area contributed by atoms with Crippen molar-refractivity contribution < 1.29 is 4.79 Å². The third-order valence-electron chi connectivity index (χ3n) is 7.11. The van der Waals surface area contributed by atoms with E-state index in [0.29, 0.717) is 19.6 Å². The number of fused-ring (bicyclic) bond motifs is 2. The van der Waals surface area contributed by atoms with Crippen molar-refractivity contribution in [3.05, 3.63) is 89.6 Å². The molecule has 1 atom stereocenters. The number of hydrogen-bond donors (Lipinski definition) is 0. The first-order chi connectivity index (χ1) is 16.6. The highest BCUT2D eigenvalue weighted by Gasteiger charge is 2.33. The first-order valence-electron chi connectivity index (χ1n) is 11.8. The molecule has 0 spiro atoms. The molecule has 6 nitrogen and oxygen atoms in total. The number of nitrogens with zero attached hydrogens (tertiary/aromatic N) is 5. The molecule has 0 radical (unpaired) electrons. The number of piperazine rings is 1. The first-order valence-corrected chi connectivity index (χ1v) is 11.8. The van der Waals surface area contributed by atoms with Crippen molar-refractivity contribution in [1.29, 1.82) is 0 Å². The van der Waals surface area contributed by atoms with Crippen molar-refractivity contribution in [1.82, 2.24) is 9.88 Å². The van der Waals surface area contributed by atoms with Crippen molar-refractivity contribution in [3.63, 3.8) is 0 Å². The van der Waals surface area contributed by atoms with Gasteiger partial charge in [0.1, 0.15) is 6.04 Å². The third-order valence-corrected chi connectivity index (χ3v) is 7.11. The molecule has 2 aromatic carbocycles. The average Bonchev–Trinajstić information content (AvgIpc) is 2.87. The van der Waals surface area contributed by atoms with Crippen LogP contribution in [0, 0.1) is 13.5 Å². The lowest BCUT2D eigenvalue weighted by Crippen LogP contribution is -2.56. The summed E-state index contributed by atoms with van der Waals surface area (Å²) in [5.41, 5.74) is 6.15. The molecule has 1 aromatic heterocycles. The second kappa shape index (κ2) is 9.18. The van der Waals surface area contributed by atoms with Crippen LogP contribution in [-0.2, 0) is 17.8 Å². The third kappa shape index (κ3) is 3.88. The molecule has 2 aliphatic heterocycles. The number of anilines is 2. The molecule has 5 rings (SSSR count). The number of carbonyl (C=O) groups is 1. The second-order valence-electron chi connectivity index (χ2n) is 9.05. The lowest BCUT2D eigenvalue weighted by atomic mass is 9.98. The Morgan fingerprint density at radius 1 is 1.15 bits per heavy atom. The van der Waals surface area contributed by atoms with Gasteiger partial charge in [0.25, 0.3) is 0 Å². The van der Waals surface area contributed by atoms with Crippen LogP contribution in [0.2, 0.25) is 0 Å². The minimum absolute atomic E-state index is 0.0916. The van der Waals surface area contributed by atoms with E-state index in [-0.39, 0.29) is 11.9 Å². The van der Waals surface area contributed by atoms with Crippen LogP contribution in [0.5, 0.6) is 0 Å². The predicted molar refractivity (Wildman–Crippen MR) is 137 cm³/mol. The zero-order valence-electron chi connectivity index (χ0n) is 19.6. The molecular weight excluding hydrogens is 422 g/mol. The van der Waals surface area contributed by atoms with Crippen molar-refractivity contribution in [2.24, 2.45) is 0 Å². The fourth-order valence-electron chi connectivity index (χ4n) is 5.45. The van der Waals surface area contributed by atoms with Crippen molar-refractivity contribution in [2.45, 2.75) is 25.9 Å². The molecule has 1 saturated heterocycles. The summed E-state index contributed by atoms with van der Waals surface area (Å²) in [7, 11) is 0.